The van der Waals surface area contributed by atoms with E-state index in [-0.39, 0.29) is 30.1 Å². The van der Waals surface area contributed by atoms with Crippen molar-refractivity contribution < 1.29 is 14.4 Å². The van der Waals surface area contributed by atoms with E-state index >= 15 is 0 Å². The molecule has 6 heteroatoms. The minimum absolute atomic E-state index is 0.0244. The zero-order valence-electron chi connectivity index (χ0n) is 15.1. The number of carbonyl (C=O) groups excluding carboxylic acids is 3. The van der Waals surface area contributed by atoms with Gasteiger partial charge in [-0.15, -0.1) is 0 Å². The number of nitrogens with zero attached hydrogens (tertiary/aromatic N) is 2. The van der Waals surface area contributed by atoms with Gasteiger partial charge in [-0.1, -0.05) is 18.2 Å². The molecule has 2 aromatic rings. The number of fused-ring (bicyclic) bond motifs is 1. The molecule has 6 nitrogen and oxygen atoms in total. The van der Waals surface area contributed by atoms with Gasteiger partial charge in [-0.05, 0) is 42.3 Å². The first-order chi connectivity index (χ1) is 13.0. The van der Waals surface area contributed by atoms with Crippen LogP contribution < -0.4 is 15.1 Å². The Morgan fingerprint density at radius 2 is 1.89 bits per heavy atom. The van der Waals surface area contributed by atoms with Crippen LogP contribution in [0.15, 0.2) is 48.5 Å². The van der Waals surface area contributed by atoms with Crippen LogP contribution in [0.5, 0.6) is 0 Å². The minimum atomic E-state index is -0.375. The fourth-order valence-electron chi connectivity index (χ4n) is 3.78. The maximum Gasteiger partial charge on any atom is 0.229 e. The van der Waals surface area contributed by atoms with Crippen molar-refractivity contribution in [2.75, 3.05) is 28.2 Å². The molecule has 2 aromatic carbocycles. The number of hydrogen-bond acceptors (Lipinski definition) is 3. The van der Waals surface area contributed by atoms with Gasteiger partial charge in [0.2, 0.25) is 17.7 Å². The first-order valence-electron chi connectivity index (χ1n) is 9.10. The van der Waals surface area contributed by atoms with E-state index in [1.54, 1.807) is 16.7 Å². The molecule has 2 heterocycles. The molecular weight excluding hydrogens is 342 g/mol. The van der Waals surface area contributed by atoms with E-state index in [2.05, 4.69) is 5.32 Å². The summed E-state index contributed by atoms with van der Waals surface area (Å²) in [6, 6.07) is 15.0. The van der Waals surface area contributed by atoms with Gasteiger partial charge in [0.1, 0.15) is 0 Å². The summed E-state index contributed by atoms with van der Waals surface area (Å²) in [6.45, 7) is 2.60. The van der Waals surface area contributed by atoms with Gasteiger partial charge in [0.05, 0.1) is 5.92 Å². The number of hydrogen-bond donors (Lipinski definition) is 1. The van der Waals surface area contributed by atoms with Crippen LogP contribution in [0.3, 0.4) is 0 Å². The van der Waals surface area contributed by atoms with Gasteiger partial charge >= 0.3 is 0 Å². The maximum atomic E-state index is 12.5. The molecule has 0 aromatic heterocycles. The van der Waals surface area contributed by atoms with E-state index < -0.39 is 0 Å². The first-order valence-corrected chi connectivity index (χ1v) is 9.10. The Kier molecular flexibility index (Phi) is 4.39. The number of benzene rings is 2. The Labute approximate surface area is 157 Å². The van der Waals surface area contributed by atoms with Gasteiger partial charge in [-0.3, -0.25) is 14.4 Å². The second-order valence-corrected chi connectivity index (χ2v) is 6.99. The van der Waals surface area contributed by atoms with Crippen LogP contribution >= 0.6 is 0 Å². The van der Waals surface area contributed by atoms with Crippen LogP contribution in [0.2, 0.25) is 0 Å². The lowest BCUT2D eigenvalue weighted by atomic mass is 10.1. The summed E-state index contributed by atoms with van der Waals surface area (Å²) in [6.07, 6.45) is 0.984. The van der Waals surface area contributed by atoms with Crippen LogP contribution in [-0.4, -0.2) is 30.8 Å². The number of nitrogens with one attached hydrogen (secondary N) is 1. The number of rotatable bonds is 3. The Balaban J connectivity index is 1.48. The average Bonchev–Trinajstić information content (AvgIpc) is 3.25. The van der Waals surface area contributed by atoms with Crippen molar-refractivity contribution in [2.45, 2.75) is 19.8 Å². The van der Waals surface area contributed by atoms with Crippen molar-refractivity contribution in [3.63, 3.8) is 0 Å². The van der Waals surface area contributed by atoms with Crippen molar-refractivity contribution in [3.8, 4) is 0 Å². The van der Waals surface area contributed by atoms with E-state index in [4.69, 9.17) is 0 Å². The summed E-state index contributed by atoms with van der Waals surface area (Å²) in [7, 11) is 0. The molecular formula is C21H21N3O3. The minimum Gasteiger partial charge on any atom is -0.326 e. The third kappa shape index (κ3) is 3.30. The number of para-hydroxylation sites is 1. The summed E-state index contributed by atoms with van der Waals surface area (Å²) in [4.78, 5) is 40.1. The molecule has 27 heavy (non-hydrogen) atoms. The number of anilines is 3. The highest BCUT2D eigenvalue weighted by atomic mass is 16.2. The molecule has 0 bridgehead atoms. The molecule has 2 aliphatic rings. The molecule has 0 saturated carbocycles. The topological polar surface area (TPSA) is 69.7 Å². The van der Waals surface area contributed by atoms with Gasteiger partial charge in [-0.2, -0.15) is 0 Å². The van der Waals surface area contributed by atoms with E-state index in [0.717, 1.165) is 29.0 Å². The van der Waals surface area contributed by atoms with E-state index in [1.807, 2.05) is 48.5 Å². The molecule has 0 spiro atoms. The number of amides is 3. The molecule has 1 N–H and O–H groups in total. The smallest absolute Gasteiger partial charge is 0.229 e. The highest BCUT2D eigenvalue weighted by Crippen LogP contribution is 2.34. The van der Waals surface area contributed by atoms with E-state index in [9.17, 15) is 14.4 Å². The molecule has 2 aliphatic heterocycles. The van der Waals surface area contributed by atoms with Crippen LogP contribution in [0.4, 0.5) is 17.1 Å². The standard InChI is InChI=1S/C21H21N3O3/c1-14(25)23-10-9-15-11-18(7-8-19(15)23)24-13-16(12-20(24)26)21(27)22-17-5-3-2-4-6-17/h2-8,11,16H,9-10,12-13H2,1H3,(H,22,27)/t16-/m1/s1. The molecule has 3 amide bonds. The summed E-state index contributed by atoms with van der Waals surface area (Å²) in [5.41, 5.74) is 3.50. The van der Waals surface area contributed by atoms with Crippen LogP contribution in [0, 0.1) is 5.92 Å². The fourth-order valence-corrected chi connectivity index (χ4v) is 3.78. The summed E-state index contributed by atoms with van der Waals surface area (Å²) in [5, 5.41) is 2.87. The predicted octanol–water partition coefficient (Wildman–Crippen LogP) is 2.59. The first kappa shape index (κ1) is 17.3. The SMILES string of the molecule is CC(=O)N1CCc2cc(N3C[C@H](C(=O)Nc4ccccc4)CC3=O)ccc21. The quantitative estimate of drug-likeness (QED) is 0.911. The van der Waals surface area contributed by atoms with Crippen molar-refractivity contribution in [2.24, 2.45) is 5.92 Å². The highest BCUT2D eigenvalue weighted by Gasteiger charge is 2.35. The lowest BCUT2D eigenvalue weighted by Crippen LogP contribution is -2.28. The Morgan fingerprint density at radius 3 is 2.63 bits per heavy atom. The summed E-state index contributed by atoms with van der Waals surface area (Å²) < 4.78 is 0. The zero-order chi connectivity index (χ0) is 19.0. The Bertz CT molecular complexity index is 910. The van der Waals surface area contributed by atoms with E-state index in [0.29, 0.717) is 13.1 Å². The molecule has 1 atom stereocenters. The second kappa shape index (κ2) is 6.87. The molecule has 0 radical (unpaired) electrons. The van der Waals surface area contributed by atoms with Gasteiger partial charge < -0.3 is 15.1 Å². The maximum absolute atomic E-state index is 12.5. The van der Waals surface area contributed by atoms with Gasteiger partial charge in [-0.25, -0.2) is 0 Å². The van der Waals surface area contributed by atoms with Crippen molar-refractivity contribution >= 4 is 34.8 Å². The van der Waals surface area contributed by atoms with Crippen LogP contribution in [-0.2, 0) is 20.8 Å². The lowest BCUT2D eigenvalue weighted by molar-refractivity contribution is -0.122. The van der Waals surface area contributed by atoms with Crippen molar-refractivity contribution in [3.05, 3.63) is 54.1 Å². The summed E-state index contributed by atoms with van der Waals surface area (Å²) in [5.74, 6) is -0.540. The molecule has 4 rings (SSSR count). The second-order valence-electron chi connectivity index (χ2n) is 6.99. The van der Waals surface area contributed by atoms with Crippen molar-refractivity contribution in [1.82, 2.24) is 0 Å². The molecule has 0 aliphatic carbocycles. The van der Waals surface area contributed by atoms with Crippen LogP contribution in [0.1, 0.15) is 18.9 Å². The third-order valence-electron chi connectivity index (χ3n) is 5.19. The fraction of sp³-hybridized carbons (Fsp3) is 0.286. The molecule has 1 fully saturated rings. The normalized spacial score (nSPS) is 18.6. The van der Waals surface area contributed by atoms with Gasteiger partial charge in [0.15, 0.2) is 0 Å². The predicted molar refractivity (Wildman–Crippen MR) is 104 cm³/mol. The van der Waals surface area contributed by atoms with Gasteiger partial charge in [0.25, 0.3) is 0 Å². The summed E-state index contributed by atoms with van der Waals surface area (Å²) >= 11 is 0. The average molecular weight is 363 g/mol. The van der Waals surface area contributed by atoms with Crippen LogP contribution in [0.25, 0.3) is 0 Å². The largest absolute Gasteiger partial charge is 0.326 e. The Morgan fingerprint density at radius 1 is 1.11 bits per heavy atom. The van der Waals surface area contributed by atoms with Gasteiger partial charge in [0, 0.05) is 43.5 Å². The molecule has 138 valence electrons. The monoisotopic (exact) mass is 363 g/mol. The molecule has 1 saturated heterocycles. The zero-order valence-corrected chi connectivity index (χ0v) is 15.1. The molecule has 0 unspecified atom stereocenters. The number of carbonyl (C=O) groups is 3. The third-order valence-corrected chi connectivity index (χ3v) is 5.19. The Hall–Kier alpha value is -3.15. The lowest BCUT2D eigenvalue weighted by Gasteiger charge is -2.19. The highest BCUT2D eigenvalue weighted by molar-refractivity contribution is 6.04. The van der Waals surface area contributed by atoms with Crippen molar-refractivity contribution in [1.29, 1.82) is 0 Å². The van der Waals surface area contributed by atoms with E-state index in [1.165, 1.54) is 0 Å².